The third-order valence-corrected chi connectivity index (χ3v) is 7.72. The van der Waals surface area contributed by atoms with Crippen LogP contribution >= 0.6 is 11.6 Å². The van der Waals surface area contributed by atoms with Gasteiger partial charge in [0, 0.05) is 27.9 Å². The van der Waals surface area contributed by atoms with Crippen LogP contribution in [-0.2, 0) is 21.2 Å². The van der Waals surface area contributed by atoms with Crippen molar-refractivity contribution in [3.63, 3.8) is 0 Å². The minimum Gasteiger partial charge on any atom is -0.507 e. The highest BCUT2D eigenvalue weighted by Crippen LogP contribution is 2.39. The van der Waals surface area contributed by atoms with Crippen LogP contribution in [0.3, 0.4) is 0 Å². The van der Waals surface area contributed by atoms with Crippen molar-refractivity contribution in [1.29, 1.82) is 0 Å². The number of phenols is 1. The van der Waals surface area contributed by atoms with Crippen LogP contribution in [-0.4, -0.2) is 24.5 Å². The Hall–Kier alpha value is -3.07. The lowest BCUT2D eigenvalue weighted by Crippen LogP contribution is -2.40. The molecule has 4 N–H and O–H groups in total. The topological polar surface area (TPSA) is 116 Å². The van der Waals surface area contributed by atoms with Crippen molar-refractivity contribution < 1.29 is 23.4 Å². The molecule has 0 saturated carbocycles. The molecule has 4 rings (SSSR count). The molecule has 1 atom stereocenters. The average molecular weight is 501 g/mol. The molecule has 0 bridgehead atoms. The van der Waals surface area contributed by atoms with E-state index in [2.05, 4.69) is 10.0 Å². The van der Waals surface area contributed by atoms with Gasteiger partial charge in [-0.3, -0.25) is 9.52 Å². The van der Waals surface area contributed by atoms with E-state index in [9.17, 15) is 23.4 Å². The zero-order valence-electron chi connectivity index (χ0n) is 19.1. The second-order valence-electron chi connectivity index (χ2n) is 9.40. The van der Waals surface area contributed by atoms with E-state index in [1.165, 1.54) is 24.3 Å². The van der Waals surface area contributed by atoms with Crippen molar-refractivity contribution in [3.8, 4) is 5.75 Å². The highest BCUT2D eigenvalue weighted by Gasteiger charge is 2.43. The van der Waals surface area contributed by atoms with E-state index in [-0.39, 0.29) is 26.9 Å². The molecule has 0 spiro atoms. The molecular weight excluding hydrogens is 476 g/mol. The van der Waals surface area contributed by atoms with Crippen LogP contribution in [0, 0.1) is 6.92 Å². The number of anilines is 1. The molecule has 178 valence electrons. The van der Waals surface area contributed by atoms with Gasteiger partial charge >= 0.3 is 0 Å². The smallest absolute Gasteiger partial charge is 0.263 e. The van der Waals surface area contributed by atoms with Gasteiger partial charge in [-0.05, 0) is 48.2 Å². The standard InChI is InChI=1S/C25H25ClN2O5S/c1-14-11-16(13-19(22(14)29)24(2,3)4)28-34(32,33)21-12-15(9-10-20(21)26)25(31)18-8-6-5-7-17(18)23(30)27-25/h5-13,28-29,31H,1-4H3,(H,27,30). The quantitative estimate of drug-likeness (QED) is 0.396. The minimum atomic E-state index is -4.19. The normalized spacial score (nSPS) is 17.9. The van der Waals surface area contributed by atoms with Gasteiger partial charge in [-0.15, -0.1) is 0 Å². The van der Waals surface area contributed by atoms with Crippen LogP contribution in [0.25, 0.3) is 0 Å². The molecule has 9 heteroatoms. The number of aromatic hydroxyl groups is 1. The molecule has 0 fully saturated rings. The van der Waals surface area contributed by atoms with Gasteiger partial charge < -0.3 is 15.5 Å². The number of halogens is 1. The fraction of sp³-hybridized carbons (Fsp3) is 0.240. The Labute approximate surface area is 203 Å². The summed E-state index contributed by atoms with van der Waals surface area (Å²) in [5, 5.41) is 24.3. The number of aliphatic hydroxyl groups is 1. The van der Waals surface area contributed by atoms with Gasteiger partial charge in [-0.1, -0.05) is 56.6 Å². The lowest BCUT2D eigenvalue weighted by atomic mass is 9.85. The van der Waals surface area contributed by atoms with Crippen molar-refractivity contribution in [2.75, 3.05) is 4.72 Å². The van der Waals surface area contributed by atoms with E-state index in [4.69, 9.17) is 11.6 Å². The predicted octanol–water partition coefficient (Wildman–Crippen LogP) is 4.39. The van der Waals surface area contributed by atoms with Crippen molar-refractivity contribution in [2.45, 2.75) is 43.7 Å². The molecule has 1 aliphatic rings. The number of carbonyl (C=O) groups is 1. The molecule has 3 aromatic rings. The second-order valence-corrected chi connectivity index (χ2v) is 11.5. The second kappa shape index (κ2) is 8.01. The van der Waals surface area contributed by atoms with Gasteiger partial charge in [0.25, 0.3) is 15.9 Å². The van der Waals surface area contributed by atoms with E-state index >= 15 is 0 Å². The van der Waals surface area contributed by atoms with E-state index in [1.807, 2.05) is 20.8 Å². The van der Waals surface area contributed by atoms with Crippen LogP contribution in [0.4, 0.5) is 5.69 Å². The number of benzene rings is 3. The highest BCUT2D eigenvalue weighted by atomic mass is 35.5. The maximum atomic E-state index is 13.3. The molecule has 0 radical (unpaired) electrons. The summed E-state index contributed by atoms with van der Waals surface area (Å²) in [6, 6.07) is 13.7. The lowest BCUT2D eigenvalue weighted by Gasteiger charge is -2.25. The third kappa shape index (κ3) is 4.02. The van der Waals surface area contributed by atoms with Gasteiger partial charge in [-0.25, -0.2) is 8.42 Å². The van der Waals surface area contributed by atoms with Gasteiger partial charge in [0.2, 0.25) is 0 Å². The van der Waals surface area contributed by atoms with Crippen molar-refractivity contribution in [3.05, 3.63) is 87.4 Å². The number of aryl methyl sites for hydroxylation is 1. The zero-order valence-corrected chi connectivity index (χ0v) is 20.7. The van der Waals surface area contributed by atoms with Crippen LogP contribution in [0.2, 0.25) is 5.02 Å². The predicted molar refractivity (Wildman–Crippen MR) is 131 cm³/mol. The number of hydrogen-bond donors (Lipinski definition) is 4. The Balaban J connectivity index is 1.78. The lowest BCUT2D eigenvalue weighted by molar-refractivity contribution is 0.0474. The van der Waals surface area contributed by atoms with Gasteiger partial charge in [0.15, 0.2) is 5.72 Å². The van der Waals surface area contributed by atoms with E-state index in [0.29, 0.717) is 22.3 Å². The summed E-state index contributed by atoms with van der Waals surface area (Å²) in [6.45, 7) is 7.42. The highest BCUT2D eigenvalue weighted by molar-refractivity contribution is 7.92. The molecule has 3 aromatic carbocycles. The number of rotatable bonds is 4. The number of sulfonamides is 1. The summed E-state index contributed by atoms with van der Waals surface area (Å²) in [5.74, 6) is -0.363. The first kappa shape index (κ1) is 24.1. The number of amides is 1. The Morgan fingerprint density at radius 2 is 1.74 bits per heavy atom. The fourth-order valence-corrected chi connectivity index (χ4v) is 5.65. The first-order valence-electron chi connectivity index (χ1n) is 10.6. The van der Waals surface area contributed by atoms with Crippen LogP contribution in [0.1, 0.15) is 53.4 Å². The number of hydrogen-bond acceptors (Lipinski definition) is 5. The maximum absolute atomic E-state index is 13.3. The van der Waals surface area contributed by atoms with Crippen LogP contribution in [0.5, 0.6) is 5.75 Å². The Bertz CT molecular complexity index is 1430. The summed E-state index contributed by atoms with van der Waals surface area (Å²) < 4.78 is 29.2. The molecule has 1 aliphatic heterocycles. The third-order valence-electron chi connectivity index (χ3n) is 5.86. The number of nitrogens with one attached hydrogen (secondary N) is 2. The molecule has 7 nitrogen and oxygen atoms in total. The number of phenolic OH excluding ortho intramolecular Hbond substituents is 1. The Kier molecular flexibility index (Phi) is 5.67. The number of carbonyl (C=O) groups excluding carboxylic acids is 1. The zero-order chi connectivity index (χ0) is 25.1. The van der Waals surface area contributed by atoms with Gasteiger partial charge in [0.1, 0.15) is 10.6 Å². The van der Waals surface area contributed by atoms with E-state index in [0.717, 1.165) is 0 Å². The van der Waals surface area contributed by atoms with Crippen molar-refractivity contribution in [2.24, 2.45) is 0 Å². The van der Waals surface area contributed by atoms with Gasteiger partial charge in [0.05, 0.1) is 5.02 Å². The molecule has 34 heavy (non-hydrogen) atoms. The maximum Gasteiger partial charge on any atom is 0.263 e. The molecule has 1 unspecified atom stereocenters. The summed E-state index contributed by atoms with van der Waals surface area (Å²) in [5.41, 5.74) is -0.191. The summed E-state index contributed by atoms with van der Waals surface area (Å²) in [6.07, 6.45) is 0. The summed E-state index contributed by atoms with van der Waals surface area (Å²) in [7, 11) is -4.19. The van der Waals surface area contributed by atoms with Crippen molar-refractivity contribution in [1.82, 2.24) is 5.32 Å². The largest absolute Gasteiger partial charge is 0.507 e. The molecule has 0 saturated heterocycles. The number of fused-ring (bicyclic) bond motifs is 1. The Morgan fingerprint density at radius 1 is 1.06 bits per heavy atom. The van der Waals surface area contributed by atoms with Gasteiger partial charge in [-0.2, -0.15) is 0 Å². The summed E-state index contributed by atoms with van der Waals surface area (Å²) >= 11 is 6.26. The summed E-state index contributed by atoms with van der Waals surface area (Å²) in [4.78, 5) is 12.1. The molecular formula is C25H25ClN2O5S. The molecule has 1 amide bonds. The first-order valence-corrected chi connectivity index (χ1v) is 12.4. The van der Waals surface area contributed by atoms with Crippen molar-refractivity contribution >= 4 is 33.2 Å². The SMILES string of the molecule is Cc1cc(NS(=O)(=O)c2cc(C3(O)NC(=O)c4ccccc43)ccc2Cl)cc(C(C)(C)C)c1O. The van der Waals surface area contributed by atoms with Crippen LogP contribution in [0.15, 0.2) is 59.5 Å². The molecule has 1 heterocycles. The average Bonchev–Trinajstić information content (AvgIpc) is 3.01. The molecule has 0 aliphatic carbocycles. The minimum absolute atomic E-state index is 0.0518. The van der Waals surface area contributed by atoms with E-state index in [1.54, 1.807) is 37.3 Å². The van der Waals surface area contributed by atoms with Crippen LogP contribution < -0.4 is 10.0 Å². The first-order chi connectivity index (χ1) is 15.7. The fourth-order valence-electron chi connectivity index (χ4n) is 4.08. The van der Waals surface area contributed by atoms with E-state index < -0.39 is 27.1 Å². The monoisotopic (exact) mass is 500 g/mol. The molecule has 0 aromatic heterocycles. The Morgan fingerprint density at radius 3 is 2.41 bits per heavy atom.